The van der Waals surface area contributed by atoms with Crippen LogP contribution in [0.4, 0.5) is 10.1 Å². The summed E-state index contributed by atoms with van der Waals surface area (Å²) in [7, 11) is 0. The number of nitrogens with zero attached hydrogens (tertiary/aromatic N) is 1. The van der Waals surface area contributed by atoms with Crippen molar-refractivity contribution in [3.8, 4) is 16.9 Å². The molecule has 0 spiro atoms. The molecule has 0 fully saturated rings. The molecule has 7 heteroatoms. The van der Waals surface area contributed by atoms with Gasteiger partial charge in [0.2, 0.25) is 0 Å². The summed E-state index contributed by atoms with van der Waals surface area (Å²) in [5, 5.41) is 12.4. The number of aromatic carboxylic acids is 1. The smallest absolute Gasteiger partial charge is 0.336 e. The van der Waals surface area contributed by atoms with Gasteiger partial charge in [-0.15, -0.1) is 0 Å². The number of rotatable bonds is 7. The standard InChI is InChI=1S/C32H29FN2O4/c1-20-7-10-24(17-28(20)33)21(2)34-31(36)25-13-14-29-30(18-25)39-16-15-35(29)19-22-8-11-23(12-9-22)26-5-3-4-6-27(26)32(37)38/h3-14,17-18,21H,15-16,19H2,1-2H3,(H,34,36)(H,37,38)/t21-/m0/s1. The Morgan fingerprint density at radius 1 is 1.03 bits per heavy atom. The fourth-order valence-corrected chi connectivity index (χ4v) is 4.76. The van der Waals surface area contributed by atoms with Crippen LogP contribution in [-0.4, -0.2) is 30.1 Å². The van der Waals surface area contributed by atoms with Gasteiger partial charge in [-0.25, -0.2) is 9.18 Å². The molecular formula is C32H29FN2O4. The number of fused-ring (bicyclic) bond motifs is 1. The molecule has 0 bridgehead atoms. The molecule has 1 atom stereocenters. The number of carboxylic acid groups (broad SMARTS) is 1. The van der Waals surface area contributed by atoms with Crippen molar-refractivity contribution in [3.05, 3.63) is 119 Å². The number of aryl methyl sites for hydroxylation is 1. The maximum Gasteiger partial charge on any atom is 0.336 e. The number of benzene rings is 4. The van der Waals surface area contributed by atoms with Crippen molar-refractivity contribution in [2.75, 3.05) is 18.1 Å². The highest BCUT2D eigenvalue weighted by Crippen LogP contribution is 2.34. The van der Waals surface area contributed by atoms with E-state index in [0.29, 0.717) is 47.7 Å². The van der Waals surface area contributed by atoms with E-state index in [1.807, 2.05) is 55.5 Å². The molecule has 1 aliphatic heterocycles. The van der Waals surface area contributed by atoms with Gasteiger partial charge >= 0.3 is 5.97 Å². The van der Waals surface area contributed by atoms with Gasteiger partial charge in [0.15, 0.2) is 0 Å². The summed E-state index contributed by atoms with van der Waals surface area (Å²) >= 11 is 0. The Bertz CT molecular complexity index is 1530. The minimum atomic E-state index is -0.953. The Hall–Kier alpha value is -4.65. The summed E-state index contributed by atoms with van der Waals surface area (Å²) in [5.74, 6) is -0.874. The number of hydrogen-bond acceptors (Lipinski definition) is 4. The lowest BCUT2D eigenvalue weighted by Crippen LogP contribution is -2.32. The molecule has 198 valence electrons. The van der Waals surface area contributed by atoms with Crippen molar-refractivity contribution in [2.24, 2.45) is 0 Å². The molecule has 39 heavy (non-hydrogen) atoms. The number of nitrogens with one attached hydrogen (secondary N) is 1. The number of hydrogen-bond donors (Lipinski definition) is 2. The van der Waals surface area contributed by atoms with Gasteiger partial charge in [-0.1, -0.05) is 54.6 Å². The molecule has 1 aliphatic rings. The van der Waals surface area contributed by atoms with Crippen molar-refractivity contribution in [3.63, 3.8) is 0 Å². The molecule has 5 rings (SSSR count). The molecule has 0 radical (unpaired) electrons. The van der Waals surface area contributed by atoms with E-state index in [2.05, 4.69) is 10.2 Å². The first-order chi connectivity index (χ1) is 18.8. The van der Waals surface area contributed by atoms with Gasteiger partial charge in [-0.05, 0) is 72.0 Å². The molecule has 0 saturated heterocycles. The Kier molecular flexibility index (Phi) is 7.32. The van der Waals surface area contributed by atoms with Crippen LogP contribution in [0, 0.1) is 12.7 Å². The average Bonchev–Trinajstić information content (AvgIpc) is 2.94. The highest BCUT2D eigenvalue weighted by molar-refractivity contribution is 5.96. The van der Waals surface area contributed by atoms with Crippen LogP contribution in [0.1, 0.15) is 50.4 Å². The summed E-state index contributed by atoms with van der Waals surface area (Å²) in [6, 6.07) is 24.9. The van der Waals surface area contributed by atoms with E-state index >= 15 is 0 Å². The highest BCUT2D eigenvalue weighted by atomic mass is 19.1. The van der Waals surface area contributed by atoms with Crippen LogP contribution in [0.15, 0.2) is 84.9 Å². The molecule has 1 heterocycles. The van der Waals surface area contributed by atoms with Crippen LogP contribution in [-0.2, 0) is 6.54 Å². The lowest BCUT2D eigenvalue weighted by Gasteiger charge is -2.31. The van der Waals surface area contributed by atoms with E-state index in [-0.39, 0.29) is 23.3 Å². The second-order valence-corrected chi connectivity index (χ2v) is 9.70. The molecule has 0 saturated carbocycles. The third-order valence-corrected chi connectivity index (χ3v) is 7.02. The molecule has 1 amide bonds. The van der Waals surface area contributed by atoms with Gasteiger partial charge in [-0.2, -0.15) is 0 Å². The maximum absolute atomic E-state index is 14.0. The minimum absolute atomic E-state index is 0.260. The molecule has 4 aromatic carbocycles. The number of anilines is 1. The minimum Gasteiger partial charge on any atom is -0.490 e. The molecule has 0 unspecified atom stereocenters. The summed E-state index contributed by atoms with van der Waals surface area (Å²) in [5.41, 5.74) is 5.49. The predicted molar refractivity (Wildman–Crippen MR) is 149 cm³/mol. The largest absolute Gasteiger partial charge is 0.490 e. The van der Waals surface area contributed by atoms with Crippen LogP contribution >= 0.6 is 0 Å². The Labute approximate surface area is 226 Å². The van der Waals surface area contributed by atoms with E-state index < -0.39 is 5.97 Å². The molecule has 6 nitrogen and oxygen atoms in total. The third-order valence-electron chi connectivity index (χ3n) is 7.02. The van der Waals surface area contributed by atoms with Crippen molar-refractivity contribution >= 4 is 17.6 Å². The Balaban J connectivity index is 1.29. The number of amides is 1. The first-order valence-electron chi connectivity index (χ1n) is 12.8. The van der Waals surface area contributed by atoms with Crippen LogP contribution in [0.2, 0.25) is 0 Å². The first kappa shape index (κ1) is 26.0. The molecule has 4 aromatic rings. The van der Waals surface area contributed by atoms with Gasteiger partial charge < -0.3 is 20.1 Å². The number of carbonyl (C=O) groups is 2. The first-order valence-corrected chi connectivity index (χ1v) is 12.8. The van der Waals surface area contributed by atoms with E-state index in [0.717, 1.165) is 16.8 Å². The van der Waals surface area contributed by atoms with Gasteiger partial charge in [-0.3, -0.25) is 4.79 Å². The second-order valence-electron chi connectivity index (χ2n) is 9.70. The topological polar surface area (TPSA) is 78.9 Å². The molecule has 0 aliphatic carbocycles. The number of halogens is 1. The molecular weight excluding hydrogens is 495 g/mol. The number of carbonyl (C=O) groups excluding carboxylic acids is 1. The average molecular weight is 525 g/mol. The van der Waals surface area contributed by atoms with Gasteiger partial charge in [0.25, 0.3) is 5.91 Å². The quantitative estimate of drug-likeness (QED) is 0.293. The summed E-state index contributed by atoms with van der Waals surface area (Å²) in [6.07, 6.45) is 0. The monoisotopic (exact) mass is 524 g/mol. The summed E-state index contributed by atoms with van der Waals surface area (Å²) in [4.78, 5) is 26.7. The van der Waals surface area contributed by atoms with Gasteiger partial charge in [0.1, 0.15) is 18.2 Å². The van der Waals surface area contributed by atoms with E-state index in [1.165, 1.54) is 6.07 Å². The molecule has 2 N–H and O–H groups in total. The lowest BCUT2D eigenvalue weighted by atomic mass is 9.98. The van der Waals surface area contributed by atoms with E-state index in [9.17, 15) is 19.1 Å². The van der Waals surface area contributed by atoms with Crippen molar-refractivity contribution in [1.82, 2.24) is 5.32 Å². The number of ether oxygens (including phenoxy) is 1. The highest BCUT2D eigenvalue weighted by Gasteiger charge is 2.21. The second kappa shape index (κ2) is 11.0. The van der Waals surface area contributed by atoms with Crippen molar-refractivity contribution in [2.45, 2.75) is 26.4 Å². The summed E-state index contributed by atoms with van der Waals surface area (Å²) in [6.45, 7) is 5.34. The van der Waals surface area contributed by atoms with Crippen LogP contribution in [0.3, 0.4) is 0 Å². The number of carboxylic acids is 1. The van der Waals surface area contributed by atoms with Crippen molar-refractivity contribution < 1.29 is 23.8 Å². The Morgan fingerprint density at radius 2 is 1.79 bits per heavy atom. The van der Waals surface area contributed by atoms with E-state index in [4.69, 9.17) is 4.74 Å². The van der Waals surface area contributed by atoms with Gasteiger partial charge in [0, 0.05) is 12.1 Å². The fourth-order valence-electron chi connectivity index (χ4n) is 4.76. The van der Waals surface area contributed by atoms with Crippen LogP contribution in [0.25, 0.3) is 11.1 Å². The van der Waals surface area contributed by atoms with E-state index in [1.54, 1.807) is 37.3 Å². The lowest BCUT2D eigenvalue weighted by molar-refractivity contribution is 0.0697. The third kappa shape index (κ3) is 5.62. The fraction of sp³-hybridized carbons (Fsp3) is 0.188. The zero-order chi connectivity index (χ0) is 27.5. The van der Waals surface area contributed by atoms with Gasteiger partial charge in [0.05, 0.1) is 23.8 Å². The van der Waals surface area contributed by atoms with Crippen LogP contribution < -0.4 is 15.0 Å². The SMILES string of the molecule is Cc1ccc([C@H](C)NC(=O)c2ccc3c(c2)OCCN3Cc2ccc(-c3ccccc3C(=O)O)cc2)cc1F. The van der Waals surface area contributed by atoms with Crippen molar-refractivity contribution in [1.29, 1.82) is 0 Å². The van der Waals surface area contributed by atoms with Crippen LogP contribution in [0.5, 0.6) is 5.75 Å². The zero-order valence-corrected chi connectivity index (χ0v) is 21.8. The Morgan fingerprint density at radius 3 is 2.54 bits per heavy atom. The zero-order valence-electron chi connectivity index (χ0n) is 21.8. The maximum atomic E-state index is 14.0. The normalized spacial score (nSPS) is 13.3. The summed E-state index contributed by atoms with van der Waals surface area (Å²) < 4.78 is 19.9. The predicted octanol–water partition coefficient (Wildman–Crippen LogP) is 6.39. The molecule has 0 aromatic heterocycles.